The van der Waals surface area contributed by atoms with Gasteiger partial charge in [-0.1, -0.05) is 42.1 Å². The summed E-state index contributed by atoms with van der Waals surface area (Å²) in [6.07, 6.45) is 3.19. The highest BCUT2D eigenvalue weighted by atomic mass is 32.2. The molecule has 0 saturated carbocycles. The number of thioether (sulfide) groups is 1. The predicted octanol–water partition coefficient (Wildman–Crippen LogP) is 3.69. The standard InChI is InChI=1S/C23H24N4O3S/c1-30-18-12-10-16(11-13-18)19-21(28)24-23(26-25-19)31-20(17-8-4-2-5-9-17)22(29)27-14-6-3-7-15-27/h2,4-5,8-13,20H,3,6-7,14-15H2,1H3,(H,24,26,28)/t20-/m1/s1. The Hall–Kier alpha value is -3.13. The number of aromatic amines is 1. The molecule has 1 aliphatic rings. The summed E-state index contributed by atoms with van der Waals surface area (Å²) >= 11 is 1.23. The van der Waals surface area contributed by atoms with Crippen molar-refractivity contribution < 1.29 is 9.53 Å². The van der Waals surface area contributed by atoms with Crippen LogP contribution in [0.25, 0.3) is 11.3 Å². The van der Waals surface area contributed by atoms with Crippen LogP contribution in [0.15, 0.2) is 64.5 Å². The van der Waals surface area contributed by atoms with E-state index in [-0.39, 0.29) is 17.2 Å². The number of likely N-dealkylation sites (tertiary alicyclic amines) is 1. The van der Waals surface area contributed by atoms with E-state index in [2.05, 4.69) is 15.2 Å². The van der Waals surface area contributed by atoms with Gasteiger partial charge in [-0.15, -0.1) is 10.2 Å². The van der Waals surface area contributed by atoms with Gasteiger partial charge in [0.2, 0.25) is 5.91 Å². The normalized spacial score (nSPS) is 14.8. The van der Waals surface area contributed by atoms with Gasteiger partial charge >= 0.3 is 0 Å². The lowest BCUT2D eigenvalue weighted by atomic mass is 10.1. The molecule has 8 heteroatoms. The lowest BCUT2D eigenvalue weighted by Crippen LogP contribution is -2.38. The molecule has 0 aliphatic carbocycles. The van der Waals surface area contributed by atoms with Crippen LogP contribution >= 0.6 is 11.8 Å². The van der Waals surface area contributed by atoms with E-state index in [0.29, 0.717) is 16.5 Å². The van der Waals surface area contributed by atoms with Gasteiger partial charge in [-0.3, -0.25) is 14.6 Å². The number of aromatic nitrogens is 3. The van der Waals surface area contributed by atoms with Crippen LogP contribution in [0, 0.1) is 0 Å². The Kier molecular flexibility index (Phi) is 6.66. The number of hydrogen-bond acceptors (Lipinski definition) is 6. The molecule has 0 radical (unpaired) electrons. The topological polar surface area (TPSA) is 88.2 Å². The molecule has 4 rings (SSSR count). The number of benzene rings is 2. The third kappa shape index (κ3) is 4.96. The summed E-state index contributed by atoms with van der Waals surface area (Å²) in [6, 6.07) is 16.6. The van der Waals surface area contributed by atoms with Gasteiger partial charge < -0.3 is 9.64 Å². The van der Waals surface area contributed by atoms with Crippen molar-refractivity contribution in [3.63, 3.8) is 0 Å². The van der Waals surface area contributed by atoms with Gasteiger partial charge in [0, 0.05) is 18.7 Å². The number of methoxy groups -OCH3 is 1. The zero-order valence-electron chi connectivity index (χ0n) is 17.3. The Bertz CT molecular complexity index is 1080. The Morgan fingerprint density at radius 1 is 1.03 bits per heavy atom. The van der Waals surface area contributed by atoms with Crippen molar-refractivity contribution in [2.45, 2.75) is 29.7 Å². The van der Waals surface area contributed by atoms with Crippen molar-refractivity contribution in [2.75, 3.05) is 20.2 Å². The molecular formula is C23H24N4O3S. The molecule has 2 aromatic carbocycles. The lowest BCUT2D eigenvalue weighted by Gasteiger charge is -2.30. The van der Waals surface area contributed by atoms with E-state index in [1.165, 1.54) is 11.8 Å². The number of rotatable bonds is 6. The Morgan fingerprint density at radius 3 is 2.39 bits per heavy atom. The summed E-state index contributed by atoms with van der Waals surface area (Å²) in [5.74, 6) is 0.736. The first-order valence-electron chi connectivity index (χ1n) is 10.3. The predicted molar refractivity (Wildman–Crippen MR) is 120 cm³/mol. The zero-order chi connectivity index (χ0) is 21.6. The van der Waals surface area contributed by atoms with E-state index in [1.54, 1.807) is 31.4 Å². The lowest BCUT2D eigenvalue weighted by molar-refractivity contribution is -0.131. The van der Waals surface area contributed by atoms with Crippen LogP contribution in [0.2, 0.25) is 0 Å². The highest BCUT2D eigenvalue weighted by Gasteiger charge is 2.29. The number of carbonyl (C=O) groups excluding carboxylic acids is 1. The summed E-state index contributed by atoms with van der Waals surface area (Å²) in [7, 11) is 1.59. The van der Waals surface area contributed by atoms with Crippen LogP contribution in [-0.2, 0) is 4.79 Å². The Labute approximate surface area is 184 Å². The van der Waals surface area contributed by atoms with Gasteiger partial charge in [0.15, 0.2) is 10.9 Å². The van der Waals surface area contributed by atoms with Gasteiger partial charge in [0.25, 0.3) is 5.56 Å². The molecule has 2 heterocycles. The summed E-state index contributed by atoms with van der Waals surface area (Å²) in [5, 5.41) is 8.18. The minimum absolute atomic E-state index is 0.0396. The maximum Gasteiger partial charge on any atom is 0.278 e. The van der Waals surface area contributed by atoms with Crippen molar-refractivity contribution in [1.29, 1.82) is 0 Å². The molecule has 0 spiro atoms. The van der Waals surface area contributed by atoms with Crippen molar-refractivity contribution in [1.82, 2.24) is 20.1 Å². The minimum atomic E-state index is -0.490. The second-order valence-electron chi connectivity index (χ2n) is 7.33. The quantitative estimate of drug-likeness (QED) is 0.593. The van der Waals surface area contributed by atoms with Crippen molar-refractivity contribution in [2.24, 2.45) is 0 Å². The number of carbonyl (C=O) groups is 1. The Balaban J connectivity index is 1.59. The first-order chi connectivity index (χ1) is 15.2. The number of amides is 1. The molecule has 1 atom stereocenters. The SMILES string of the molecule is COc1ccc(-c2nnc(S[C@@H](C(=O)N3CCCCC3)c3ccccc3)[nH]c2=O)cc1. The first kappa shape index (κ1) is 21.1. The fraction of sp³-hybridized carbons (Fsp3) is 0.304. The summed E-state index contributed by atoms with van der Waals surface area (Å²) in [6.45, 7) is 1.53. The molecular weight excluding hydrogens is 412 g/mol. The summed E-state index contributed by atoms with van der Waals surface area (Å²) in [5.41, 5.74) is 1.41. The highest BCUT2D eigenvalue weighted by molar-refractivity contribution is 8.00. The fourth-order valence-corrected chi connectivity index (χ4v) is 4.60. The summed E-state index contributed by atoms with van der Waals surface area (Å²) in [4.78, 5) is 30.7. The van der Waals surface area contributed by atoms with Crippen LogP contribution in [-0.4, -0.2) is 46.2 Å². The van der Waals surface area contributed by atoms with Crippen molar-refractivity contribution in [3.8, 4) is 17.0 Å². The average molecular weight is 437 g/mol. The number of piperidine rings is 1. The van der Waals surface area contributed by atoms with Gasteiger partial charge in [0.05, 0.1) is 7.11 Å². The number of nitrogens with one attached hydrogen (secondary N) is 1. The maximum absolute atomic E-state index is 13.3. The maximum atomic E-state index is 13.3. The van der Waals surface area contributed by atoms with E-state index in [0.717, 1.165) is 37.9 Å². The highest BCUT2D eigenvalue weighted by Crippen LogP contribution is 2.35. The molecule has 3 aromatic rings. The minimum Gasteiger partial charge on any atom is -0.497 e. The number of H-pyrrole nitrogens is 1. The second kappa shape index (κ2) is 9.78. The van der Waals surface area contributed by atoms with E-state index in [1.807, 2.05) is 35.2 Å². The number of nitrogens with zero attached hydrogens (tertiary/aromatic N) is 3. The van der Waals surface area contributed by atoms with E-state index in [4.69, 9.17) is 4.74 Å². The molecule has 1 aliphatic heterocycles. The zero-order valence-corrected chi connectivity index (χ0v) is 18.1. The number of hydrogen-bond donors (Lipinski definition) is 1. The fourth-order valence-electron chi connectivity index (χ4n) is 3.59. The van der Waals surface area contributed by atoms with E-state index in [9.17, 15) is 9.59 Å². The number of ether oxygens (including phenoxy) is 1. The molecule has 31 heavy (non-hydrogen) atoms. The van der Waals surface area contributed by atoms with Crippen molar-refractivity contribution >= 4 is 17.7 Å². The van der Waals surface area contributed by atoms with Crippen LogP contribution in [0.1, 0.15) is 30.1 Å². The van der Waals surface area contributed by atoms with Crippen LogP contribution in [0.3, 0.4) is 0 Å². The van der Waals surface area contributed by atoms with Crippen LogP contribution in [0.5, 0.6) is 5.75 Å². The monoisotopic (exact) mass is 436 g/mol. The second-order valence-corrected chi connectivity index (χ2v) is 8.42. The van der Waals surface area contributed by atoms with Crippen LogP contribution < -0.4 is 10.3 Å². The van der Waals surface area contributed by atoms with Gasteiger partial charge in [-0.05, 0) is 49.1 Å². The molecule has 1 aromatic heterocycles. The van der Waals surface area contributed by atoms with E-state index >= 15 is 0 Å². The molecule has 1 fully saturated rings. The van der Waals surface area contributed by atoms with E-state index < -0.39 is 5.25 Å². The first-order valence-corrected chi connectivity index (χ1v) is 11.2. The largest absolute Gasteiger partial charge is 0.497 e. The third-order valence-corrected chi connectivity index (χ3v) is 6.38. The van der Waals surface area contributed by atoms with Gasteiger partial charge in [-0.2, -0.15) is 0 Å². The third-order valence-electron chi connectivity index (χ3n) is 5.26. The van der Waals surface area contributed by atoms with Crippen molar-refractivity contribution in [3.05, 3.63) is 70.5 Å². The molecule has 1 saturated heterocycles. The molecule has 1 N–H and O–H groups in total. The molecule has 0 unspecified atom stereocenters. The molecule has 7 nitrogen and oxygen atoms in total. The van der Waals surface area contributed by atoms with Crippen LogP contribution in [0.4, 0.5) is 0 Å². The smallest absolute Gasteiger partial charge is 0.278 e. The molecule has 1 amide bonds. The van der Waals surface area contributed by atoms with Gasteiger partial charge in [0.1, 0.15) is 11.0 Å². The molecule has 160 valence electrons. The average Bonchev–Trinajstić information content (AvgIpc) is 2.83. The Morgan fingerprint density at radius 2 is 1.74 bits per heavy atom. The summed E-state index contributed by atoms with van der Waals surface area (Å²) < 4.78 is 5.15. The van der Waals surface area contributed by atoms with Gasteiger partial charge in [-0.25, -0.2) is 0 Å². The molecule has 0 bridgehead atoms.